The number of aliphatic hydroxyl groups is 1. The molecule has 0 atom stereocenters. The van der Waals surface area contributed by atoms with E-state index in [9.17, 15) is 14.7 Å². The van der Waals surface area contributed by atoms with E-state index in [1.807, 2.05) is 18.2 Å². The fourth-order valence-electron chi connectivity index (χ4n) is 2.89. The normalized spacial score (nSPS) is 12.1. The summed E-state index contributed by atoms with van der Waals surface area (Å²) in [4.78, 5) is 25.3. The van der Waals surface area contributed by atoms with Gasteiger partial charge >= 0.3 is 5.97 Å². The van der Waals surface area contributed by atoms with Crippen LogP contribution in [0, 0.1) is 6.92 Å². The molecule has 0 radical (unpaired) electrons. The van der Waals surface area contributed by atoms with E-state index < -0.39 is 11.5 Å². The van der Waals surface area contributed by atoms with Crippen LogP contribution >= 0.6 is 0 Å². The standard InChI is InChI=1S/C22H22N4O4/c1-4-30-22(29)19(20(27)16-11-7-5-8-12-16)24-23-18-15(2)25(3)26(21(18)28)17-13-9-6-10-14-17/h5-14,27H,4H2,1-3H3. The maximum atomic E-state index is 13.0. The molecule has 0 aliphatic heterocycles. The van der Waals surface area contributed by atoms with E-state index in [1.54, 1.807) is 68.0 Å². The largest absolute Gasteiger partial charge is 0.505 e. The van der Waals surface area contributed by atoms with Crippen LogP contribution in [0.5, 0.6) is 0 Å². The second-order valence-electron chi connectivity index (χ2n) is 6.39. The van der Waals surface area contributed by atoms with Crippen LogP contribution in [-0.2, 0) is 16.6 Å². The number of carbonyl (C=O) groups excluding carboxylic acids is 1. The first kappa shape index (κ1) is 20.8. The highest BCUT2D eigenvalue weighted by Gasteiger charge is 2.20. The topological polar surface area (TPSA) is 98.2 Å². The fraction of sp³-hybridized carbons (Fsp3) is 0.182. The van der Waals surface area contributed by atoms with Crippen molar-refractivity contribution in [3.63, 3.8) is 0 Å². The zero-order valence-electron chi connectivity index (χ0n) is 16.9. The smallest absolute Gasteiger partial charge is 0.362 e. The van der Waals surface area contributed by atoms with Crippen molar-refractivity contribution in [2.24, 2.45) is 17.3 Å². The highest BCUT2D eigenvalue weighted by Crippen LogP contribution is 2.22. The summed E-state index contributed by atoms with van der Waals surface area (Å²) in [6.07, 6.45) is 0. The molecule has 154 valence electrons. The Labute approximate surface area is 173 Å². The van der Waals surface area contributed by atoms with Crippen LogP contribution in [0.3, 0.4) is 0 Å². The van der Waals surface area contributed by atoms with Gasteiger partial charge in [-0.1, -0.05) is 48.5 Å². The molecule has 0 saturated heterocycles. The molecule has 0 aliphatic carbocycles. The van der Waals surface area contributed by atoms with E-state index in [0.717, 1.165) is 0 Å². The number of benzene rings is 2. The van der Waals surface area contributed by atoms with Crippen molar-refractivity contribution < 1.29 is 14.6 Å². The van der Waals surface area contributed by atoms with Crippen molar-refractivity contribution >= 4 is 17.4 Å². The minimum atomic E-state index is -0.834. The first-order chi connectivity index (χ1) is 14.5. The number of para-hydroxylation sites is 1. The summed E-state index contributed by atoms with van der Waals surface area (Å²) >= 11 is 0. The Morgan fingerprint density at radius 3 is 2.27 bits per heavy atom. The Kier molecular flexibility index (Phi) is 6.26. The number of nitrogens with zero attached hydrogens (tertiary/aromatic N) is 4. The Morgan fingerprint density at radius 1 is 1.07 bits per heavy atom. The maximum Gasteiger partial charge on any atom is 0.362 e. The van der Waals surface area contributed by atoms with Gasteiger partial charge in [0, 0.05) is 12.6 Å². The molecule has 0 saturated carbocycles. The molecule has 1 aromatic heterocycles. The van der Waals surface area contributed by atoms with Crippen LogP contribution in [-0.4, -0.2) is 27.0 Å². The van der Waals surface area contributed by atoms with Crippen molar-refractivity contribution in [3.05, 3.63) is 88.0 Å². The van der Waals surface area contributed by atoms with Gasteiger partial charge in [0.1, 0.15) is 0 Å². The number of esters is 1. The molecule has 0 amide bonds. The lowest BCUT2D eigenvalue weighted by Crippen LogP contribution is -2.19. The van der Waals surface area contributed by atoms with Gasteiger partial charge < -0.3 is 9.84 Å². The first-order valence-electron chi connectivity index (χ1n) is 9.37. The van der Waals surface area contributed by atoms with Crippen LogP contribution in [0.15, 0.2) is 81.4 Å². The zero-order chi connectivity index (χ0) is 21.7. The summed E-state index contributed by atoms with van der Waals surface area (Å²) in [7, 11) is 1.73. The summed E-state index contributed by atoms with van der Waals surface area (Å²) in [5, 5.41) is 18.5. The zero-order valence-corrected chi connectivity index (χ0v) is 16.9. The molecular formula is C22H22N4O4. The van der Waals surface area contributed by atoms with Gasteiger partial charge in [0.2, 0.25) is 5.70 Å². The summed E-state index contributed by atoms with van der Waals surface area (Å²) in [5.74, 6) is -1.21. The predicted molar refractivity (Wildman–Crippen MR) is 113 cm³/mol. The van der Waals surface area contributed by atoms with Crippen molar-refractivity contribution in [3.8, 4) is 5.69 Å². The molecule has 3 aromatic rings. The molecule has 2 aromatic carbocycles. The van der Waals surface area contributed by atoms with Crippen molar-refractivity contribution in [1.29, 1.82) is 0 Å². The van der Waals surface area contributed by atoms with Crippen LogP contribution in [0.4, 0.5) is 5.69 Å². The molecule has 0 aliphatic rings. The summed E-state index contributed by atoms with van der Waals surface area (Å²) in [6, 6.07) is 17.6. The molecular weight excluding hydrogens is 384 g/mol. The third-order valence-corrected chi connectivity index (χ3v) is 4.51. The molecule has 30 heavy (non-hydrogen) atoms. The highest BCUT2D eigenvalue weighted by molar-refractivity contribution is 5.95. The molecule has 0 unspecified atom stereocenters. The van der Waals surface area contributed by atoms with E-state index in [1.165, 1.54) is 4.68 Å². The number of hydrogen-bond acceptors (Lipinski definition) is 6. The summed E-state index contributed by atoms with van der Waals surface area (Å²) in [6.45, 7) is 3.47. The van der Waals surface area contributed by atoms with E-state index in [4.69, 9.17) is 4.74 Å². The molecule has 0 spiro atoms. The Hall–Kier alpha value is -3.94. The number of hydrogen-bond donors (Lipinski definition) is 1. The predicted octanol–water partition coefficient (Wildman–Crippen LogP) is 4.06. The SMILES string of the molecule is CCOC(=O)C(N=Nc1c(C)n(C)n(-c2ccccc2)c1=O)=C(O)c1ccccc1. The van der Waals surface area contributed by atoms with Gasteiger partial charge in [0.05, 0.1) is 18.0 Å². The van der Waals surface area contributed by atoms with E-state index in [2.05, 4.69) is 10.2 Å². The van der Waals surface area contributed by atoms with E-state index >= 15 is 0 Å². The Bertz CT molecular complexity index is 1160. The average Bonchev–Trinajstić information content (AvgIpc) is 2.98. The minimum Gasteiger partial charge on any atom is -0.505 e. The number of ether oxygens (including phenoxy) is 1. The first-order valence-corrected chi connectivity index (χ1v) is 9.37. The third-order valence-electron chi connectivity index (χ3n) is 4.51. The Morgan fingerprint density at radius 2 is 1.67 bits per heavy atom. The average molecular weight is 406 g/mol. The van der Waals surface area contributed by atoms with Gasteiger partial charge in [-0.25, -0.2) is 9.48 Å². The van der Waals surface area contributed by atoms with E-state index in [-0.39, 0.29) is 23.8 Å². The lowest BCUT2D eigenvalue weighted by molar-refractivity contribution is -0.138. The van der Waals surface area contributed by atoms with Crippen LogP contribution in [0.25, 0.3) is 11.4 Å². The van der Waals surface area contributed by atoms with Gasteiger partial charge in [-0.05, 0) is 26.0 Å². The van der Waals surface area contributed by atoms with Gasteiger partial charge in [-0.3, -0.25) is 9.48 Å². The number of rotatable bonds is 6. The van der Waals surface area contributed by atoms with Gasteiger partial charge in [0.15, 0.2) is 11.4 Å². The second-order valence-corrected chi connectivity index (χ2v) is 6.39. The quantitative estimate of drug-likeness (QED) is 0.289. The van der Waals surface area contributed by atoms with Crippen molar-refractivity contribution in [2.75, 3.05) is 6.61 Å². The van der Waals surface area contributed by atoms with Crippen molar-refractivity contribution in [1.82, 2.24) is 9.36 Å². The molecule has 8 heteroatoms. The highest BCUT2D eigenvalue weighted by atomic mass is 16.5. The monoisotopic (exact) mass is 406 g/mol. The van der Waals surface area contributed by atoms with Crippen LogP contribution in [0.2, 0.25) is 0 Å². The molecule has 8 nitrogen and oxygen atoms in total. The fourth-order valence-corrected chi connectivity index (χ4v) is 2.89. The maximum absolute atomic E-state index is 13.0. The summed E-state index contributed by atoms with van der Waals surface area (Å²) < 4.78 is 8.10. The lowest BCUT2D eigenvalue weighted by Gasteiger charge is -2.07. The molecule has 0 bridgehead atoms. The number of azo groups is 1. The van der Waals surface area contributed by atoms with Gasteiger partial charge in [-0.2, -0.15) is 0 Å². The number of aliphatic hydroxyl groups excluding tert-OH is 1. The molecule has 0 fully saturated rings. The second kappa shape index (κ2) is 9.04. The number of carbonyl (C=O) groups is 1. The summed E-state index contributed by atoms with van der Waals surface area (Å²) in [5.41, 5.74) is 0.886. The van der Waals surface area contributed by atoms with Crippen molar-refractivity contribution in [2.45, 2.75) is 13.8 Å². The van der Waals surface area contributed by atoms with Crippen LogP contribution in [0.1, 0.15) is 18.2 Å². The van der Waals surface area contributed by atoms with Gasteiger partial charge in [0.25, 0.3) is 5.56 Å². The lowest BCUT2D eigenvalue weighted by atomic mass is 10.1. The van der Waals surface area contributed by atoms with Gasteiger partial charge in [-0.15, -0.1) is 10.2 Å². The molecule has 1 heterocycles. The Balaban J connectivity index is 2.10. The third kappa shape index (κ3) is 4.07. The van der Waals surface area contributed by atoms with E-state index in [0.29, 0.717) is 16.9 Å². The minimum absolute atomic E-state index is 0.0593. The number of aromatic nitrogens is 2. The molecule has 3 rings (SSSR count). The molecule has 1 N–H and O–H groups in total. The van der Waals surface area contributed by atoms with Crippen LogP contribution < -0.4 is 5.56 Å².